The molecule has 0 radical (unpaired) electrons. The predicted octanol–water partition coefficient (Wildman–Crippen LogP) is 2.64. The van der Waals surface area contributed by atoms with E-state index in [0.717, 1.165) is 11.4 Å². The normalized spacial score (nSPS) is 15.3. The molecule has 2 N–H and O–H groups in total. The topological polar surface area (TPSA) is 43.8 Å². The first-order chi connectivity index (χ1) is 7.75. The van der Waals surface area contributed by atoms with Crippen LogP contribution in [0.15, 0.2) is 30.3 Å². The highest BCUT2D eigenvalue weighted by Crippen LogP contribution is 2.42. The molecule has 16 heavy (non-hydrogen) atoms. The minimum atomic E-state index is 0.708. The molecular weight excluding hydrogens is 198 g/mol. The van der Waals surface area contributed by atoms with Crippen molar-refractivity contribution in [3.8, 4) is 5.69 Å². The van der Waals surface area contributed by atoms with Crippen molar-refractivity contribution in [2.75, 3.05) is 5.73 Å². The maximum Gasteiger partial charge on any atom is 0.127 e. The zero-order valence-corrected chi connectivity index (χ0v) is 9.35. The van der Waals surface area contributed by atoms with E-state index in [-0.39, 0.29) is 0 Å². The third kappa shape index (κ3) is 1.48. The lowest BCUT2D eigenvalue weighted by molar-refractivity contribution is 0.854. The number of para-hydroxylation sites is 1. The molecule has 1 aromatic heterocycles. The minimum Gasteiger partial charge on any atom is -0.384 e. The summed E-state index contributed by atoms with van der Waals surface area (Å²) in [6.45, 7) is 1.96. The molecular formula is C13H15N3. The average Bonchev–Trinajstić information content (AvgIpc) is 3.05. The van der Waals surface area contributed by atoms with E-state index in [9.17, 15) is 0 Å². The Balaban J connectivity index is 2.15. The van der Waals surface area contributed by atoms with Crippen LogP contribution in [0.1, 0.15) is 30.0 Å². The van der Waals surface area contributed by atoms with E-state index in [1.807, 2.05) is 23.7 Å². The number of aromatic nitrogens is 2. The lowest BCUT2D eigenvalue weighted by Crippen LogP contribution is -2.04. The van der Waals surface area contributed by atoms with Gasteiger partial charge in [-0.15, -0.1) is 0 Å². The van der Waals surface area contributed by atoms with Crippen molar-refractivity contribution in [3.63, 3.8) is 0 Å². The standard InChI is InChI=1S/C13H15N3/c1-9-8-13(14)16(15-9)12-5-3-2-4-11(12)10-6-7-10/h2-5,8,10H,6-7,14H2,1H3. The maximum atomic E-state index is 5.96. The van der Waals surface area contributed by atoms with Gasteiger partial charge in [-0.05, 0) is 37.3 Å². The predicted molar refractivity (Wildman–Crippen MR) is 64.7 cm³/mol. The molecule has 0 bridgehead atoms. The van der Waals surface area contributed by atoms with E-state index in [4.69, 9.17) is 5.73 Å². The van der Waals surface area contributed by atoms with E-state index >= 15 is 0 Å². The molecule has 0 aliphatic heterocycles. The first-order valence-electron chi connectivity index (χ1n) is 5.67. The van der Waals surface area contributed by atoms with Gasteiger partial charge in [0, 0.05) is 6.07 Å². The van der Waals surface area contributed by atoms with Crippen LogP contribution < -0.4 is 5.73 Å². The Labute approximate surface area is 94.9 Å². The second-order valence-corrected chi connectivity index (χ2v) is 4.46. The number of nitrogens with zero attached hydrogens (tertiary/aromatic N) is 2. The summed E-state index contributed by atoms with van der Waals surface area (Å²) in [6.07, 6.45) is 2.58. The molecule has 3 heteroatoms. The molecule has 0 saturated heterocycles. The largest absolute Gasteiger partial charge is 0.384 e. The van der Waals surface area contributed by atoms with E-state index in [1.165, 1.54) is 18.4 Å². The number of aryl methyl sites for hydroxylation is 1. The fourth-order valence-electron chi connectivity index (χ4n) is 2.13. The fraction of sp³-hybridized carbons (Fsp3) is 0.308. The highest BCUT2D eigenvalue weighted by molar-refractivity contribution is 5.50. The fourth-order valence-corrected chi connectivity index (χ4v) is 2.13. The Morgan fingerprint density at radius 1 is 1.31 bits per heavy atom. The number of benzene rings is 1. The molecule has 1 fully saturated rings. The van der Waals surface area contributed by atoms with Crippen LogP contribution in [0.25, 0.3) is 5.69 Å². The van der Waals surface area contributed by atoms with Gasteiger partial charge < -0.3 is 5.73 Å². The quantitative estimate of drug-likeness (QED) is 0.833. The number of rotatable bonds is 2. The second-order valence-electron chi connectivity index (χ2n) is 4.46. The van der Waals surface area contributed by atoms with Crippen LogP contribution in [0, 0.1) is 6.92 Å². The molecule has 1 aliphatic rings. The van der Waals surface area contributed by atoms with Gasteiger partial charge in [-0.3, -0.25) is 0 Å². The summed E-state index contributed by atoms with van der Waals surface area (Å²) in [5.74, 6) is 1.42. The molecule has 0 spiro atoms. The van der Waals surface area contributed by atoms with Crippen molar-refractivity contribution in [1.82, 2.24) is 9.78 Å². The van der Waals surface area contributed by atoms with Gasteiger partial charge in [-0.1, -0.05) is 18.2 Å². The number of hydrogen-bond acceptors (Lipinski definition) is 2. The Morgan fingerprint density at radius 2 is 2.06 bits per heavy atom. The van der Waals surface area contributed by atoms with Crippen molar-refractivity contribution < 1.29 is 0 Å². The molecule has 1 aliphatic carbocycles. The van der Waals surface area contributed by atoms with Crippen molar-refractivity contribution in [2.45, 2.75) is 25.7 Å². The van der Waals surface area contributed by atoms with Gasteiger partial charge in [-0.25, -0.2) is 4.68 Å². The summed E-state index contributed by atoms with van der Waals surface area (Å²) in [6, 6.07) is 10.3. The molecule has 82 valence electrons. The second kappa shape index (κ2) is 3.37. The van der Waals surface area contributed by atoms with E-state index < -0.39 is 0 Å². The summed E-state index contributed by atoms with van der Waals surface area (Å²) in [4.78, 5) is 0. The SMILES string of the molecule is Cc1cc(N)n(-c2ccccc2C2CC2)n1. The average molecular weight is 213 g/mol. The summed E-state index contributed by atoms with van der Waals surface area (Å²) >= 11 is 0. The molecule has 1 saturated carbocycles. The summed E-state index contributed by atoms with van der Waals surface area (Å²) < 4.78 is 1.85. The molecule has 0 atom stereocenters. The highest BCUT2D eigenvalue weighted by atomic mass is 15.3. The summed E-state index contributed by atoms with van der Waals surface area (Å²) in [5.41, 5.74) is 9.43. The van der Waals surface area contributed by atoms with Crippen LogP contribution in [0.3, 0.4) is 0 Å². The first kappa shape index (κ1) is 9.46. The molecule has 3 rings (SSSR count). The minimum absolute atomic E-state index is 0.708. The van der Waals surface area contributed by atoms with Gasteiger partial charge in [-0.2, -0.15) is 5.10 Å². The van der Waals surface area contributed by atoms with Crippen molar-refractivity contribution in [3.05, 3.63) is 41.6 Å². The third-order valence-corrected chi connectivity index (χ3v) is 3.04. The molecule has 0 amide bonds. The number of nitrogens with two attached hydrogens (primary N) is 1. The van der Waals surface area contributed by atoms with Gasteiger partial charge in [0.15, 0.2) is 0 Å². The van der Waals surface area contributed by atoms with Crippen LogP contribution in [0.4, 0.5) is 5.82 Å². The molecule has 3 nitrogen and oxygen atoms in total. The van der Waals surface area contributed by atoms with Crippen molar-refractivity contribution in [2.24, 2.45) is 0 Å². The number of anilines is 1. The lowest BCUT2D eigenvalue weighted by Gasteiger charge is -2.09. The molecule has 1 aromatic carbocycles. The smallest absolute Gasteiger partial charge is 0.127 e. The Kier molecular flexibility index (Phi) is 1.99. The number of nitrogen functional groups attached to an aromatic ring is 1. The molecule has 2 aromatic rings. The Morgan fingerprint density at radius 3 is 2.69 bits per heavy atom. The van der Waals surface area contributed by atoms with E-state index in [1.54, 1.807) is 0 Å². The summed E-state index contributed by atoms with van der Waals surface area (Å²) in [7, 11) is 0. The van der Waals surface area contributed by atoms with Crippen LogP contribution in [0.2, 0.25) is 0 Å². The molecule has 0 unspecified atom stereocenters. The Hall–Kier alpha value is -1.77. The highest BCUT2D eigenvalue weighted by Gasteiger charge is 2.26. The van der Waals surface area contributed by atoms with Gasteiger partial charge in [0.05, 0.1) is 11.4 Å². The van der Waals surface area contributed by atoms with E-state index in [2.05, 4.69) is 23.3 Å². The zero-order valence-electron chi connectivity index (χ0n) is 9.35. The van der Waals surface area contributed by atoms with Crippen molar-refractivity contribution >= 4 is 5.82 Å². The third-order valence-electron chi connectivity index (χ3n) is 3.04. The van der Waals surface area contributed by atoms with Crippen molar-refractivity contribution in [1.29, 1.82) is 0 Å². The van der Waals surface area contributed by atoms with E-state index in [0.29, 0.717) is 11.7 Å². The van der Waals surface area contributed by atoms with Crippen LogP contribution in [0.5, 0.6) is 0 Å². The zero-order chi connectivity index (χ0) is 11.1. The van der Waals surface area contributed by atoms with Gasteiger partial charge in [0.1, 0.15) is 5.82 Å². The lowest BCUT2D eigenvalue weighted by atomic mass is 10.1. The van der Waals surface area contributed by atoms with Gasteiger partial charge in [0.2, 0.25) is 0 Å². The number of hydrogen-bond donors (Lipinski definition) is 1. The maximum absolute atomic E-state index is 5.96. The Bertz CT molecular complexity index is 524. The monoisotopic (exact) mass is 213 g/mol. The first-order valence-corrected chi connectivity index (χ1v) is 5.67. The van der Waals surface area contributed by atoms with Crippen LogP contribution in [-0.4, -0.2) is 9.78 Å². The molecule has 1 heterocycles. The van der Waals surface area contributed by atoms with Gasteiger partial charge >= 0.3 is 0 Å². The van der Waals surface area contributed by atoms with Crippen LogP contribution in [-0.2, 0) is 0 Å². The summed E-state index contributed by atoms with van der Waals surface area (Å²) in [5, 5.41) is 4.44. The van der Waals surface area contributed by atoms with Crippen LogP contribution >= 0.6 is 0 Å². The van der Waals surface area contributed by atoms with Gasteiger partial charge in [0.25, 0.3) is 0 Å².